The van der Waals surface area contributed by atoms with Crippen molar-refractivity contribution in [3.63, 3.8) is 0 Å². The minimum Gasteiger partial charge on any atom is -0.477 e. The molecule has 40 heavy (non-hydrogen) atoms. The van der Waals surface area contributed by atoms with Gasteiger partial charge in [-0.2, -0.15) is 0 Å². The number of carboxylic acids is 1. The first kappa shape index (κ1) is 28.4. The van der Waals surface area contributed by atoms with E-state index >= 15 is 0 Å². The van der Waals surface area contributed by atoms with E-state index in [1.165, 1.54) is 27.7 Å². The van der Waals surface area contributed by atoms with Crippen molar-refractivity contribution < 1.29 is 24.3 Å². The summed E-state index contributed by atoms with van der Waals surface area (Å²) in [6.45, 7) is 8.56. The van der Waals surface area contributed by atoms with E-state index in [0.29, 0.717) is 37.5 Å². The number of thioether (sulfide) groups is 1. The van der Waals surface area contributed by atoms with Crippen molar-refractivity contribution in [2.75, 3.05) is 45.8 Å². The zero-order valence-corrected chi connectivity index (χ0v) is 23.4. The molecular weight excluding hydrogens is 540 g/mol. The molecule has 0 spiro atoms. The number of piperazine rings is 1. The quantitative estimate of drug-likeness (QED) is 0.215. The summed E-state index contributed by atoms with van der Waals surface area (Å²) in [5.74, 6) is -2.49. The molecule has 218 valence electrons. The first-order valence-corrected chi connectivity index (χ1v) is 14.5. The fraction of sp³-hybridized carbons (Fsp3) is 0.708. The van der Waals surface area contributed by atoms with E-state index in [1.54, 1.807) is 6.92 Å². The summed E-state index contributed by atoms with van der Waals surface area (Å²) in [7, 11) is 0. The van der Waals surface area contributed by atoms with Gasteiger partial charge in [0.2, 0.25) is 17.7 Å². The Labute approximate surface area is 235 Å². The highest BCUT2D eigenvalue weighted by atomic mass is 32.2. The molecule has 4 aliphatic rings. The van der Waals surface area contributed by atoms with Crippen LogP contribution in [0.1, 0.15) is 20.3 Å². The van der Waals surface area contributed by atoms with Gasteiger partial charge in [-0.25, -0.2) is 9.48 Å². The SMILES string of the molecule is C[C@H]1C(S[C@@H]2CN[C@H](C(=O)N3CCN(CCN)CC3)C2)=C(C(=O)O)N2C(=O)[C@H]([C@@H](C)NC(=O)Cn3cnnn3)C12. The number of hydrogen-bond acceptors (Lipinski definition) is 11. The van der Waals surface area contributed by atoms with E-state index in [9.17, 15) is 24.3 Å². The number of rotatable bonds is 10. The summed E-state index contributed by atoms with van der Waals surface area (Å²) < 4.78 is 1.28. The average Bonchev–Trinajstić information content (AvgIpc) is 3.65. The lowest BCUT2D eigenvalue weighted by atomic mass is 9.78. The third-order valence-corrected chi connectivity index (χ3v) is 9.74. The molecule has 0 aliphatic carbocycles. The second kappa shape index (κ2) is 11.8. The molecule has 0 aromatic carbocycles. The van der Waals surface area contributed by atoms with Crippen LogP contribution >= 0.6 is 11.8 Å². The van der Waals surface area contributed by atoms with E-state index < -0.39 is 17.9 Å². The minimum atomic E-state index is -1.15. The van der Waals surface area contributed by atoms with Gasteiger partial charge in [0, 0.05) is 67.9 Å². The van der Waals surface area contributed by atoms with E-state index in [0.717, 1.165) is 19.6 Å². The molecule has 6 atom stereocenters. The van der Waals surface area contributed by atoms with Gasteiger partial charge in [0.1, 0.15) is 18.6 Å². The second-order valence-corrected chi connectivity index (χ2v) is 12.1. The van der Waals surface area contributed by atoms with Crippen LogP contribution in [-0.4, -0.2) is 133 Å². The monoisotopic (exact) mass is 576 g/mol. The lowest BCUT2D eigenvalue weighted by Gasteiger charge is -2.47. The molecular formula is C24H36N10O5S. The molecule has 3 amide bonds. The first-order valence-electron chi connectivity index (χ1n) is 13.6. The predicted octanol–water partition coefficient (Wildman–Crippen LogP) is -2.48. The number of β-lactam (4-membered cyclic amide) rings is 1. The molecule has 1 aromatic heterocycles. The number of amides is 3. The topological polar surface area (TPSA) is 192 Å². The molecule has 5 heterocycles. The lowest BCUT2D eigenvalue weighted by Crippen LogP contribution is -2.66. The van der Waals surface area contributed by atoms with Gasteiger partial charge in [0.15, 0.2) is 0 Å². The van der Waals surface area contributed by atoms with Crippen LogP contribution < -0.4 is 16.4 Å². The smallest absolute Gasteiger partial charge is 0.353 e. The third kappa shape index (κ3) is 5.44. The van der Waals surface area contributed by atoms with Gasteiger partial charge in [-0.15, -0.1) is 16.9 Å². The van der Waals surface area contributed by atoms with Gasteiger partial charge in [0.25, 0.3) is 0 Å². The number of carbonyl (C=O) groups excluding carboxylic acids is 3. The highest BCUT2D eigenvalue weighted by molar-refractivity contribution is 8.03. The third-order valence-electron chi connectivity index (χ3n) is 8.23. The number of hydrogen-bond donors (Lipinski definition) is 4. The normalized spacial score (nSPS) is 29.4. The first-order chi connectivity index (χ1) is 19.2. The van der Waals surface area contributed by atoms with Crippen molar-refractivity contribution in [1.29, 1.82) is 0 Å². The summed E-state index contributed by atoms with van der Waals surface area (Å²) in [6, 6.07) is -1.17. The van der Waals surface area contributed by atoms with E-state index in [2.05, 4.69) is 31.1 Å². The maximum atomic E-state index is 13.2. The van der Waals surface area contributed by atoms with Crippen LogP contribution in [-0.2, 0) is 25.7 Å². The number of nitrogens with zero attached hydrogens (tertiary/aromatic N) is 7. The van der Waals surface area contributed by atoms with Gasteiger partial charge in [0.05, 0.1) is 18.0 Å². The summed E-state index contributed by atoms with van der Waals surface area (Å²) in [6.07, 6.45) is 1.91. The van der Waals surface area contributed by atoms with Crippen LogP contribution in [0, 0.1) is 11.8 Å². The number of carboxylic acid groups (broad SMARTS) is 1. The Bertz CT molecular complexity index is 1170. The van der Waals surface area contributed by atoms with Crippen LogP contribution in [0.25, 0.3) is 0 Å². The van der Waals surface area contributed by atoms with Crippen molar-refractivity contribution in [3.8, 4) is 0 Å². The number of aromatic nitrogens is 4. The van der Waals surface area contributed by atoms with E-state index in [1.807, 2.05) is 11.8 Å². The highest BCUT2D eigenvalue weighted by Gasteiger charge is 2.60. The Morgan fingerprint density at radius 3 is 2.67 bits per heavy atom. The van der Waals surface area contributed by atoms with E-state index in [4.69, 9.17) is 5.73 Å². The van der Waals surface area contributed by atoms with E-state index in [-0.39, 0.29) is 53.2 Å². The Kier molecular flexibility index (Phi) is 8.39. The zero-order chi connectivity index (χ0) is 28.6. The fourth-order valence-electron chi connectivity index (χ4n) is 6.24. The summed E-state index contributed by atoms with van der Waals surface area (Å²) in [5, 5.41) is 26.9. The second-order valence-electron chi connectivity index (χ2n) is 10.8. The van der Waals surface area contributed by atoms with Crippen molar-refractivity contribution in [3.05, 3.63) is 16.9 Å². The number of nitrogens with one attached hydrogen (secondary N) is 2. The molecule has 1 unspecified atom stereocenters. The number of aliphatic carboxylic acids is 1. The molecule has 16 heteroatoms. The standard InChI is InChI=1S/C24H36N10O5S/c1-13-19-18(14(2)28-17(35)11-33-12-27-29-30-33)23(37)34(19)20(24(38)39)21(13)40-15-9-16(26-10-15)22(36)32-7-5-31(4-3-25)6-8-32/h12-16,18-19,26H,3-11,25H2,1-2H3,(H,28,35)(H,38,39)/t13-,14-,15+,16+,18-,19?/m1/s1. The molecule has 5 rings (SSSR count). The maximum Gasteiger partial charge on any atom is 0.353 e. The molecule has 4 aliphatic heterocycles. The van der Waals surface area contributed by atoms with Crippen LogP contribution in [0.15, 0.2) is 16.9 Å². The van der Waals surface area contributed by atoms with Crippen LogP contribution in [0.4, 0.5) is 0 Å². The molecule has 0 bridgehead atoms. The van der Waals surface area contributed by atoms with Gasteiger partial charge in [-0.05, 0) is 23.8 Å². The Morgan fingerprint density at radius 2 is 2.02 bits per heavy atom. The molecule has 15 nitrogen and oxygen atoms in total. The van der Waals surface area contributed by atoms with Gasteiger partial charge < -0.3 is 31.3 Å². The van der Waals surface area contributed by atoms with Crippen molar-refractivity contribution in [2.24, 2.45) is 17.6 Å². The molecule has 0 saturated carbocycles. The highest BCUT2D eigenvalue weighted by Crippen LogP contribution is 2.51. The zero-order valence-electron chi connectivity index (χ0n) is 22.6. The van der Waals surface area contributed by atoms with Gasteiger partial charge >= 0.3 is 5.97 Å². The Hall–Kier alpha value is -3.08. The van der Waals surface area contributed by atoms with Crippen molar-refractivity contribution in [2.45, 2.75) is 50.2 Å². The molecule has 3 saturated heterocycles. The number of nitrogens with two attached hydrogens (primary N) is 1. The fourth-order valence-corrected chi connectivity index (χ4v) is 7.72. The average molecular weight is 577 g/mol. The number of fused-ring (bicyclic) bond motifs is 1. The summed E-state index contributed by atoms with van der Waals surface area (Å²) >= 11 is 1.45. The Morgan fingerprint density at radius 1 is 1.27 bits per heavy atom. The van der Waals surface area contributed by atoms with Crippen molar-refractivity contribution in [1.82, 2.24) is 45.5 Å². The summed E-state index contributed by atoms with van der Waals surface area (Å²) in [4.78, 5) is 57.2. The minimum absolute atomic E-state index is 0.0000490. The number of tetrazole rings is 1. The summed E-state index contributed by atoms with van der Waals surface area (Å²) in [5.41, 5.74) is 5.66. The van der Waals surface area contributed by atoms with Gasteiger partial charge in [-0.1, -0.05) is 6.92 Å². The van der Waals surface area contributed by atoms with Crippen LogP contribution in [0.2, 0.25) is 0 Å². The van der Waals surface area contributed by atoms with Crippen molar-refractivity contribution >= 4 is 35.5 Å². The largest absolute Gasteiger partial charge is 0.477 e. The number of carbonyl (C=O) groups is 4. The van der Waals surface area contributed by atoms with Crippen LogP contribution in [0.3, 0.4) is 0 Å². The Balaban J connectivity index is 1.19. The molecule has 1 aromatic rings. The molecule has 0 radical (unpaired) electrons. The van der Waals surface area contributed by atoms with Gasteiger partial charge in [-0.3, -0.25) is 19.3 Å². The maximum absolute atomic E-state index is 13.2. The van der Waals surface area contributed by atoms with Crippen LogP contribution in [0.5, 0.6) is 0 Å². The lowest BCUT2D eigenvalue weighted by molar-refractivity contribution is -0.158. The molecule has 3 fully saturated rings. The predicted molar refractivity (Wildman–Crippen MR) is 143 cm³/mol. The molecule has 5 N–H and O–H groups in total.